The third kappa shape index (κ3) is 3.41. The molecule has 2 amide bonds. The van der Waals surface area contributed by atoms with Gasteiger partial charge in [0.2, 0.25) is 0 Å². The third-order valence-corrected chi connectivity index (χ3v) is 6.01. The number of urea groups is 1. The first-order valence-electron chi connectivity index (χ1n) is 9.31. The Hall–Kier alpha value is -2.30. The van der Waals surface area contributed by atoms with Crippen LogP contribution < -0.4 is 10.6 Å². The first-order chi connectivity index (χ1) is 12.2. The SMILES string of the molecule is C[C@@H](NC(=O)NCc1ccccc1-n1ccnc1)[C@H]1C[C@H]2CC[C@H]1C2. The predicted molar refractivity (Wildman–Crippen MR) is 97.3 cm³/mol. The molecule has 2 aromatic rings. The monoisotopic (exact) mass is 338 g/mol. The van der Waals surface area contributed by atoms with Crippen LogP contribution in [0.15, 0.2) is 43.0 Å². The Labute approximate surface area is 148 Å². The lowest BCUT2D eigenvalue weighted by molar-refractivity contribution is 0.220. The number of nitrogens with one attached hydrogen (secondary N) is 2. The van der Waals surface area contributed by atoms with Gasteiger partial charge >= 0.3 is 6.03 Å². The van der Waals surface area contributed by atoms with Crippen LogP contribution in [0.1, 0.15) is 38.2 Å². The summed E-state index contributed by atoms with van der Waals surface area (Å²) in [5, 5.41) is 6.18. The maximum Gasteiger partial charge on any atom is 0.315 e. The zero-order valence-corrected chi connectivity index (χ0v) is 14.7. The molecule has 1 aromatic heterocycles. The van der Waals surface area contributed by atoms with Gasteiger partial charge in [0.25, 0.3) is 0 Å². The number of imidazole rings is 1. The summed E-state index contributed by atoms with van der Waals surface area (Å²) in [6.07, 6.45) is 10.8. The number of nitrogens with zero attached hydrogens (tertiary/aromatic N) is 2. The Morgan fingerprint density at radius 3 is 2.92 bits per heavy atom. The Kier molecular flexibility index (Phi) is 4.47. The fourth-order valence-corrected chi connectivity index (χ4v) is 4.76. The minimum absolute atomic E-state index is 0.0734. The minimum atomic E-state index is -0.0734. The van der Waals surface area contributed by atoms with E-state index in [2.05, 4.69) is 22.5 Å². The molecular weight excluding hydrogens is 312 g/mol. The molecule has 132 valence electrons. The smallest absolute Gasteiger partial charge is 0.315 e. The Bertz CT molecular complexity index is 727. The van der Waals surface area contributed by atoms with E-state index in [1.807, 2.05) is 35.0 Å². The van der Waals surface area contributed by atoms with Crippen molar-refractivity contribution in [2.24, 2.45) is 17.8 Å². The van der Waals surface area contributed by atoms with Crippen LogP contribution in [0.2, 0.25) is 0 Å². The van der Waals surface area contributed by atoms with E-state index >= 15 is 0 Å². The van der Waals surface area contributed by atoms with Crippen molar-refractivity contribution in [3.05, 3.63) is 48.5 Å². The molecular formula is C20H26N4O. The average molecular weight is 338 g/mol. The highest BCUT2D eigenvalue weighted by Crippen LogP contribution is 2.49. The molecule has 4 atom stereocenters. The van der Waals surface area contributed by atoms with Crippen molar-refractivity contribution < 1.29 is 4.79 Å². The van der Waals surface area contributed by atoms with Crippen LogP contribution in [0, 0.1) is 17.8 Å². The van der Waals surface area contributed by atoms with Gasteiger partial charge < -0.3 is 15.2 Å². The standard InChI is InChI=1S/C20H26N4O/c1-14(18-11-15-6-7-16(18)10-15)23-20(25)22-12-17-4-2-3-5-19(17)24-9-8-21-13-24/h2-5,8-9,13-16,18H,6-7,10-12H2,1H3,(H2,22,23,25)/t14-,15+,16+,18-/m1/s1. The van der Waals surface area contributed by atoms with Crippen LogP contribution in [-0.4, -0.2) is 21.6 Å². The van der Waals surface area contributed by atoms with Crippen LogP contribution in [0.25, 0.3) is 5.69 Å². The molecule has 2 aliphatic rings. The van der Waals surface area contributed by atoms with Crippen LogP contribution in [0.5, 0.6) is 0 Å². The second-order valence-electron chi connectivity index (χ2n) is 7.55. The van der Waals surface area contributed by atoms with E-state index in [1.165, 1.54) is 25.7 Å². The van der Waals surface area contributed by atoms with Gasteiger partial charge in [0.05, 0.1) is 12.0 Å². The van der Waals surface area contributed by atoms with Crippen molar-refractivity contribution in [2.75, 3.05) is 0 Å². The van der Waals surface area contributed by atoms with Crippen LogP contribution in [-0.2, 0) is 6.54 Å². The van der Waals surface area contributed by atoms with Crippen molar-refractivity contribution in [3.63, 3.8) is 0 Å². The molecule has 1 aromatic carbocycles. The number of carbonyl (C=O) groups excluding carboxylic acids is 1. The first-order valence-corrected chi connectivity index (χ1v) is 9.31. The van der Waals surface area contributed by atoms with E-state index in [9.17, 15) is 4.79 Å². The summed E-state index contributed by atoms with van der Waals surface area (Å²) in [4.78, 5) is 16.4. The maximum absolute atomic E-state index is 12.3. The normalized spacial score (nSPS) is 25.7. The first kappa shape index (κ1) is 16.2. The van der Waals surface area contributed by atoms with Crippen molar-refractivity contribution in [1.82, 2.24) is 20.2 Å². The predicted octanol–water partition coefficient (Wildman–Crippen LogP) is 3.50. The van der Waals surface area contributed by atoms with E-state index < -0.39 is 0 Å². The van der Waals surface area contributed by atoms with Gasteiger partial charge in [-0.15, -0.1) is 0 Å². The van der Waals surface area contributed by atoms with Gasteiger partial charge in [-0.3, -0.25) is 0 Å². The molecule has 2 fully saturated rings. The van der Waals surface area contributed by atoms with Gasteiger partial charge in [-0.2, -0.15) is 0 Å². The van der Waals surface area contributed by atoms with Gasteiger partial charge in [-0.1, -0.05) is 24.6 Å². The molecule has 0 unspecified atom stereocenters. The number of rotatable bonds is 5. The number of aromatic nitrogens is 2. The second kappa shape index (κ2) is 6.90. The highest BCUT2D eigenvalue weighted by atomic mass is 16.2. The Morgan fingerprint density at radius 1 is 1.32 bits per heavy atom. The molecule has 0 radical (unpaired) electrons. The molecule has 0 spiro atoms. The molecule has 5 nitrogen and oxygen atoms in total. The molecule has 2 N–H and O–H groups in total. The van der Waals surface area contributed by atoms with Gasteiger partial charge in [-0.05, 0) is 55.6 Å². The van der Waals surface area contributed by atoms with E-state index in [-0.39, 0.29) is 12.1 Å². The summed E-state index contributed by atoms with van der Waals surface area (Å²) in [5.74, 6) is 2.38. The fourth-order valence-electron chi connectivity index (χ4n) is 4.76. The largest absolute Gasteiger partial charge is 0.335 e. The van der Waals surface area contributed by atoms with Crippen LogP contribution in [0.4, 0.5) is 4.79 Å². The lowest BCUT2D eigenvalue weighted by atomic mass is 9.84. The number of fused-ring (bicyclic) bond motifs is 2. The summed E-state index contributed by atoms with van der Waals surface area (Å²) in [6.45, 7) is 2.66. The molecule has 5 heteroatoms. The number of benzene rings is 1. The topological polar surface area (TPSA) is 59.0 Å². The summed E-state index contributed by atoms with van der Waals surface area (Å²) >= 11 is 0. The van der Waals surface area contributed by atoms with Crippen LogP contribution in [0.3, 0.4) is 0 Å². The molecule has 4 rings (SSSR count). The van der Waals surface area contributed by atoms with E-state index in [4.69, 9.17) is 0 Å². The molecule has 2 bridgehead atoms. The van der Waals surface area contributed by atoms with Gasteiger partial charge in [0.15, 0.2) is 0 Å². The maximum atomic E-state index is 12.3. The van der Waals surface area contributed by atoms with Crippen molar-refractivity contribution >= 4 is 6.03 Å². The van der Waals surface area contributed by atoms with Crippen molar-refractivity contribution in [1.29, 1.82) is 0 Å². The fraction of sp³-hybridized carbons (Fsp3) is 0.500. The van der Waals surface area contributed by atoms with E-state index in [0.29, 0.717) is 12.5 Å². The van der Waals surface area contributed by atoms with E-state index in [1.54, 1.807) is 12.5 Å². The highest BCUT2D eigenvalue weighted by Gasteiger charge is 2.42. The number of carbonyl (C=O) groups is 1. The molecule has 25 heavy (non-hydrogen) atoms. The summed E-state index contributed by atoms with van der Waals surface area (Å²) in [7, 11) is 0. The van der Waals surface area contributed by atoms with Crippen molar-refractivity contribution in [3.8, 4) is 5.69 Å². The minimum Gasteiger partial charge on any atom is -0.335 e. The highest BCUT2D eigenvalue weighted by molar-refractivity contribution is 5.74. The summed E-state index contributed by atoms with van der Waals surface area (Å²) < 4.78 is 1.97. The lowest BCUT2D eigenvalue weighted by Gasteiger charge is -2.28. The van der Waals surface area contributed by atoms with Gasteiger partial charge in [-0.25, -0.2) is 9.78 Å². The molecule has 1 heterocycles. The van der Waals surface area contributed by atoms with Crippen LogP contribution >= 0.6 is 0 Å². The second-order valence-corrected chi connectivity index (χ2v) is 7.55. The molecule has 0 aliphatic heterocycles. The van der Waals surface area contributed by atoms with Crippen molar-refractivity contribution in [2.45, 2.75) is 45.2 Å². The zero-order valence-electron chi connectivity index (χ0n) is 14.7. The summed E-state index contributed by atoms with van der Waals surface area (Å²) in [5.41, 5.74) is 2.12. The summed E-state index contributed by atoms with van der Waals surface area (Å²) in [6, 6.07) is 8.24. The zero-order chi connectivity index (χ0) is 17.2. The quantitative estimate of drug-likeness (QED) is 0.877. The Balaban J connectivity index is 1.33. The number of hydrogen-bond acceptors (Lipinski definition) is 2. The lowest BCUT2D eigenvalue weighted by Crippen LogP contribution is -2.45. The molecule has 2 aliphatic carbocycles. The van der Waals surface area contributed by atoms with Gasteiger partial charge in [0, 0.05) is 25.0 Å². The Morgan fingerprint density at radius 2 is 2.20 bits per heavy atom. The number of hydrogen-bond donors (Lipinski definition) is 2. The molecule has 0 saturated heterocycles. The molecule has 2 saturated carbocycles. The average Bonchev–Trinajstić information content (AvgIpc) is 3.37. The third-order valence-electron chi connectivity index (χ3n) is 6.01. The number of para-hydroxylation sites is 1. The number of amides is 2. The van der Waals surface area contributed by atoms with E-state index in [0.717, 1.165) is 23.1 Å². The van der Waals surface area contributed by atoms with Gasteiger partial charge in [0.1, 0.15) is 0 Å².